The van der Waals surface area contributed by atoms with E-state index < -0.39 is 0 Å². The summed E-state index contributed by atoms with van der Waals surface area (Å²) in [7, 11) is 0. The molecule has 4 aliphatic rings. The maximum Gasteiger partial charge on any atom is 0.0201 e. The quantitative estimate of drug-likeness (QED) is 0.562. The van der Waals surface area contributed by atoms with Gasteiger partial charge in [-0.05, 0) is 34.8 Å². The van der Waals surface area contributed by atoms with Gasteiger partial charge >= 0.3 is 0 Å². The minimum atomic E-state index is 0.555. The summed E-state index contributed by atoms with van der Waals surface area (Å²) in [6.07, 6.45) is 20.3. The summed E-state index contributed by atoms with van der Waals surface area (Å²) in [4.78, 5) is 0. The van der Waals surface area contributed by atoms with Crippen molar-refractivity contribution in [3.05, 3.63) is 82.5 Å². The largest absolute Gasteiger partial charge is 0.0683 e. The zero-order valence-electron chi connectivity index (χ0n) is 11.9. The van der Waals surface area contributed by atoms with E-state index in [9.17, 15) is 0 Å². The highest BCUT2D eigenvalue weighted by Crippen LogP contribution is 2.50. The third kappa shape index (κ3) is 1.74. The summed E-state index contributed by atoms with van der Waals surface area (Å²) in [5.41, 5.74) is 7.32. The van der Waals surface area contributed by atoms with Crippen LogP contribution in [-0.2, 0) is 0 Å². The first-order valence-electron chi connectivity index (χ1n) is 7.21. The van der Waals surface area contributed by atoms with Gasteiger partial charge in [0.05, 0.1) is 0 Å². The number of hydrogen-bond donors (Lipinski definition) is 0. The van der Waals surface area contributed by atoms with Crippen molar-refractivity contribution >= 4 is 0 Å². The van der Waals surface area contributed by atoms with Gasteiger partial charge in [-0.25, -0.2) is 0 Å². The van der Waals surface area contributed by atoms with E-state index >= 15 is 0 Å². The molecule has 0 aromatic heterocycles. The fraction of sp³-hybridized carbons (Fsp3) is 0.263. The number of rotatable bonds is 0. The van der Waals surface area contributed by atoms with E-state index in [2.05, 4.69) is 61.6 Å². The standard InChI is InChI=1S/C17H14.C2H6/c1-11-10-14-6-2-4-12-8-9-13-5-3-7-15(11)17(13)16(12)14;1-2/h2-10,16-17H,1H3;1-2H3. The number of allylic oxidation sites excluding steroid dienone is 14. The average Bonchev–Trinajstić information content (AvgIpc) is 2.48. The first kappa shape index (κ1) is 12.2. The van der Waals surface area contributed by atoms with Gasteiger partial charge in [-0.1, -0.05) is 68.5 Å². The molecule has 4 rings (SSSR count). The summed E-state index contributed by atoms with van der Waals surface area (Å²) in [5.74, 6) is 1.11. The van der Waals surface area contributed by atoms with Crippen LogP contribution in [0.25, 0.3) is 0 Å². The summed E-state index contributed by atoms with van der Waals surface area (Å²) < 4.78 is 0. The topological polar surface area (TPSA) is 0 Å². The van der Waals surface area contributed by atoms with Crippen LogP contribution < -0.4 is 0 Å². The Morgan fingerprint density at radius 3 is 2.11 bits per heavy atom. The summed E-state index contributed by atoms with van der Waals surface area (Å²) in [6.45, 7) is 6.23. The molecule has 0 nitrogen and oxygen atoms in total. The average molecular weight is 248 g/mol. The van der Waals surface area contributed by atoms with Gasteiger partial charge in [0.25, 0.3) is 0 Å². The van der Waals surface area contributed by atoms with Gasteiger partial charge in [-0.15, -0.1) is 0 Å². The van der Waals surface area contributed by atoms with Crippen LogP contribution in [0.5, 0.6) is 0 Å². The predicted octanol–water partition coefficient (Wildman–Crippen LogP) is 5.06. The lowest BCUT2D eigenvalue weighted by Crippen LogP contribution is -2.29. The summed E-state index contributed by atoms with van der Waals surface area (Å²) in [6, 6.07) is 0. The molecule has 4 aliphatic carbocycles. The van der Waals surface area contributed by atoms with Gasteiger partial charge in [-0.2, -0.15) is 0 Å². The highest BCUT2D eigenvalue weighted by atomic mass is 14.4. The fourth-order valence-electron chi connectivity index (χ4n) is 3.44. The van der Waals surface area contributed by atoms with Crippen molar-refractivity contribution in [1.82, 2.24) is 0 Å². The Bertz CT molecular complexity index is 612. The maximum absolute atomic E-state index is 2.35. The zero-order chi connectivity index (χ0) is 13.4. The smallest absolute Gasteiger partial charge is 0.0201 e. The minimum Gasteiger partial charge on any atom is -0.0683 e. The molecule has 0 heterocycles. The second-order valence-electron chi connectivity index (χ2n) is 5.12. The molecule has 0 fully saturated rings. The van der Waals surface area contributed by atoms with E-state index in [1.54, 1.807) is 0 Å². The molecule has 0 aliphatic heterocycles. The van der Waals surface area contributed by atoms with Gasteiger partial charge in [0.15, 0.2) is 0 Å². The molecule has 0 aromatic carbocycles. The highest BCUT2D eigenvalue weighted by molar-refractivity contribution is 5.62. The second-order valence-corrected chi connectivity index (χ2v) is 5.12. The third-order valence-corrected chi connectivity index (χ3v) is 4.19. The van der Waals surface area contributed by atoms with Crippen molar-refractivity contribution in [3.8, 4) is 0 Å². The minimum absolute atomic E-state index is 0.555. The molecule has 0 bridgehead atoms. The second kappa shape index (κ2) is 4.70. The van der Waals surface area contributed by atoms with Crippen LogP contribution in [0.2, 0.25) is 0 Å². The van der Waals surface area contributed by atoms with Gasteiger partial charge in [0.1, 0.15) is 0 Å². The van der Waals surface area contributed by atoms with Crippen LogP contribution in [0.4, 0.5) is 0 Å². The molecule has 19 heavy (non-hydrogen) atoms. The highest BCUT2D eigenvalue weighted by Gasteiger charge is 2.38. The van der Waals surface area contributed by atoms with Crippen molar-refractivity contribution in [1.29, 1.82) is 0 Å². The Labute approximate surface area is 115 Å². The van der Waals surface area contributed by atoms with E-state index in [0.29, 0.717) is 11.8 Å². The summed E-state index contributed by atoms with van der Waals surface area (Å²) >= 11 is 0. The van der Waals surface area contributed by atoms with Crippen molar-refractivity contribution in [2.24, 2.45) is 11.8 Å². The molecule has 0 amide bonds. The lowest BCUT2D eigenvalue weighted by atomic mass is 9.63. The molecule has 96 valence electrons. The zero-order valence-corrected chi connectivity index (χ0v) is 11.9. The van der Waals surface area contributed by atoms with Crippen LogP contribution in [0.15, 0.2) is 82.5 Å². The van der Waals surface area contributed by atoms with Crippen molar-refractivity contribution in [3.63, 3.8) is 0 Å². The Balaban J connectivity index is 0.000000528. The van der Waals surface area contributed by atoms with Crippen LogP contribution in [-0.4, -0.2) is 0 Å². The predicted molar refractivity (Wildman–Crippen MR) is 82.7 cm³/mol. The lowest BCUT2D eigenvalue weighted by molar-refractivity contribution is 0.556. The van der Waals surface area contributed by atoms with Crippen molar-refractivity contribution in [2.75, 3.05) is 0 Å². The van der Waals surface area contributed by atoms with Crippen molar-refractivity contribution in [2.45, 2.75) is 20.8 Å². The Hall–Kier alpha value is -1.82. The molecule has 2 atom stereocenters. The molecule has 0 heteroatoms. The van der Waals surface area contributed by atoms with E-state index in [1.807, 2.05) is 13.8 Å². The van der Waals surface area contributed by atoms with Crippen LogP contribution >= 0.6 is 0 Å². The van der Waals surface area contributed by atoms with E-state index in [1.165, 1.54) is 27.9 Å². The van der Waals surface area contributed by atoms with Crippen molar-refractivity contribution < 1.29 is 0 Å². The van der Waals surface area contributed by atoms with Gasteiger partial charge < -0.3 is 0 Å². The van der Waals surface area contributed by atoms with Gasteiger partial charge in [-0.3, -0.25) is 0 Å². The van der Waals surface area contributed by atoms with Crippen LogP contribution in [0.3, 0.4) is 0 Å². The van der Waals surface area contributed by atoms with Gasteiger partial charge in [0.2, 0.25) is 0 Å². The van der Waals surface area contributed by atoms with Crippen LogP contribution in [0, 0.1) is 11.8 Å². The maximum atomic E-state index is 2.35. The molecule has 0 radical (unpaired) electrons. The molecule has 2 unspecified atom stereocenters. The lowest BCUT2D eigenvalue weighted by Gasteiger charge is -2.41. The molecular formula is C19H20. The van der Waals surface area contributed by atoms with E-state index in [0.717, 1.165) is 0 Å². The Kier molecular flexibility index (Phi) is 3.02. The monoisotopic (exact) mass is 248 g/mol. The number of hydrogen-bond acceptors (Lipinski definition) is 0. The summed E-state index contributed by atoms with van der Waals surface area (Å²) in [5, 5.41) is 0. The van der Waals surface area contributed by atoms with Crippen LogP contribution in [0.1, 0.15) is 20.8 Å². The van der Waals surface area contributed by atoms with E-state index in [4.69, 9.17) is 0 Å². The first-order chi connectivity index (χ1) is 9.34. The fourth-order valence-corrected chi connectivity index (χ4v) is 3.44. The molecule has 0 saturated carbocycles. The Morgan fingerprint density at radius 1 is 0.737 bits per heavy atom. The molecule has 0 spiro atoms. The molecular weight excluding hydrogens is 228 g/mol. The molecule has 0 saturated heterocycles. The molecule has 0 aromatic rings. The normalized spacial score (nSPS) is 28.9. The van der Waals surface area contributed by atoms with E-state index in [-0.39, 0.29) is 0 Å². The first-order valence-corrected chi connectivity index (χ1v) is 7.21. The molecule has 0 N–H and O–H groups in total. The SMILES string of the molecule is CC.CC1=CC2=CC=CC3=CC=C4C=CC=C1C4C32. The Morgan fingerprint density at radius 2 is 1.37 bits per heavy atom. The van der Waals surface area contributed by atoms with Gasteiger partial charge in [0, 0.05) is 11.8 Å². The third-order valence-electron chi connectivity index (χ3n) is 4.19.